The van der Waals surface area contributed by atoms with E-state index in [1.54, 1.807) is 13.2 Å². The van der Waals surface area contributed by atoms with Crippen molar-refractivity contribution in [2.75, 3.05) is 40.4 Å². The van der Waals surface area contributed by atoms with Crippen molar-refractivity contribution in [3.05, 3.63) is 28.2 Å². The van der Waals surface area contributed by atoms with E-state index in [2.05, 4.69) is 38.8 Å². The molecule has 4 nitrogen and oxygen atoms in total. The third-order valence-electron chi connectivity index (χ3n) is 2.66. The van der Waals surface area contributed by atoms with Gasteiger partial charge in [0.05, 0.1) is 12.2 Å². The van der Waals surface area contributed by atoms with Crippen molar-refractivity contribution in [3.8, 4) is 0 Å². The van der Waals surface area contributed by atoms with Gasteiger partial charge in [0.15, 0.2) is 0 Å². The van der Waals surface area contributed by atoms with Crippen molar-refractivity contribution in [1.82, 2.24) is 10.2 Å². The average Bonchev–Trinajstić information content (AvgIpc) is 2.36. The van der Waals surface area contributed by atoms with Crippen LogP contribution in [0.4, 0.5) is 0 Å². The van der Waals surface area contributed by atoms with Crippen molar-refractivity contribution in [2.24, 2.45) is 0 Å². The molecule has 1 aromatic carbocycles. The van der Waals surface area contributed by atoms with Crippen molar-refractivity contribution in [1.29, 1.82) is 0 Å². The topological polar surface area (TPSA) is 41.6 Å². The summed E-state index contributed by atoms with van der Waals surface area (Å²) in [5.41, 5.74) is 0.589. The van der Waals surface area contributed by atoms with Gasteiger partial charge < -0.3 is 15.0 Å². The van der Waals surface area contributed by atoms with E-state index >= 15 is 0 Å². The van der Waals surface area contributed by atoms with Crippen LogP contribution in [0.15, 0.2) is 27.6 Å². The molecule has 1 N–H and O–H groups in total. The highest BCUT2D eigenvalue weighted by molar-refractivity contribution is 9.10. The number of ether oxygens (including phenoxy) is 1. The van der Waals surface area contributed by atoms with Crippen LogP contribution >= 0.6 is 28.6 Å². The molecule has 0 radical (unpaired) electrons. The van der Waals surface area contributed by atoms with Gasteiger partial charge in [-0.2, -0.15) is 0 Å². The van der Waals surface area contributed by atoms with Crippen LogP contribution in [0.2, 0.25) is 0 Å². The van der Waals surface area contributed by atoms with Crippen LogP contribution in [0, 0.1) is 0 Å². The number of nitrogens with one attached hydrogen (secondary N) is 1. The molecule has 6 heteroatoms. The van der Waals surface area contributed by atoms with Crippen LogP contribution in [-0.4, -0.2) is 51.2 Å². The number of likely N-dealkylation sites (N-methyl/N-ethyl adjacent to an activating group) is 1. The van der Waals surface area contributed by atoms with Gasteiger partial charge in [-0.1, -0.05) is 15.9 Å². The average molecular weight is 347 g/mol. The summed E-state index contributed by atoms with van der Waals surface area (Å²) in [5, 5.41) is 2.88. The second kappa shape index (κ2) is 8.58. The Morgan fingerprint density at radius 1 is 1.47 bits per heavy atom. The summed E-state index contributed by atoms with van der Waals surface area (Å²) in [4.78, 5) is 14.7. The normalized spacial score (nSPS) is 10.8. The van der Waals surface area contributed by atoms with Crippen LogP contribution in [-0.2, 0) is 4.74 Å². The molecule has 0 atom stereocenters. The van der Waals surface area contributed by atoms with Gasteiger partial charge in [-0.3, -0.25) is 4.79 Å². The molecule has 1 amide bonds. The molecule has 0 saturated heterocycles. The summed E-state index contributed by atoms with van der Waals surface area (Å²) in [6.07, 6.45) is 0. The molecule has 0 saturated carbocycles. The highest BCUT2D eigenvalue weighted by Crippen LogP contribution is 2.19. The first kappa shape index (κ1) is 16.5. The number of benzene rings is 1. The fourth-order valence-electron chi connectivity index (χ4n) is 1.51. The van der Waals surface area contributed by atoms with E-state index < -0.39 is 0 Å². The number of carbonyl (C=O) groups excluding carboxylic acids is 1. The summed E-state index contributed by atoms with van der Waals surface area (Å²) >= 11 is 7.64. The molecular formula is C13H19BrN2O2S. The van der Waals surface area contributed by atoms with E-state index in [1.807, 2.05) is 19.2 Å². The van der Waals surface area contributed by atoms with Gasteiger partial charge in [-0.15, -0.1) is 12.6 Å². The number of hydrogen-bond donors (Lipinski definition) is 2. The lowest BCUT2D eigenvalue weighted by Crippen LogP contribution is -2.34. The smallest absolute Gasteiger partial charge is 0.252 e. The van der Waals surface area contributed by atoms with Crippen molar-refractivity contribution >= 4 is 34.5 Å². The van der Waals surface area contributed by atoms with Gasteiger partial charge in [-0.05, 0) is 25.2 Å². The van der Waals surface area contributed by atoms with E-state index in [-0.39, 0.29) is 5.91 Å². The maximum atomic E-state index is 12.0. The monoisotopic (exact) mass is 346 g/mol. The molecule has 0 heterocycles. The summed E-state index contributed by atoms with van der Waals surface area (Å²) in [6.45, 7) is 2.93. The molecule has 0 bridgehead atoms. The van der Waals surface area contributed by atoms with Crippen LogP contribution in [0.1, 0.15) is 10.4 Å². The second-order valence-electron chi connectivity index (χ2n) is 4.21. The van der Waals surface area contributed by atoms with Crippen LogP contribution in [0.25, 0.3) is 0 Å². The first-order valence-electron chi connectivity index (χ1n) is 5.98. The Kier molecular flexibility index (Phi) is 7.45. The molecule has 1 aromatic rings. The Balaban J connectivity index is 2.39. The SMILES string of the molecule is COCCN(C)CCNC(=O)c1ccc(Br)cc1S. The van der Waals surface area contributed by atoms with E-state index in [1.165, 1.54) is 0 Å². The number of methoxy groups -OCH3 is 1. The molecule has 19 heavy (non-hydrogen) atoms. The van der Waals surface area contributed by atoms with Gasteiger partial charge in [0, 0.05) is 36.1 Å². The summed E-state index contributed by atoms with van der Waals surface area (Å²) < 4.78 is 5.90. The molecule has 0 aliphatic carbocycles. The molecule has 0 unspecified atom stereocenters. The van der Waals surface area contributed by atoms with Crippen LogP contribution < -0.4 is 5.32 Å². The standard InChI is InChI=1S/C13H19BrN2O2S/c1-16(7-8-18-2)6-5-15-13(17)11-4-3-10(14)9-12(11)19/h3-4,9,19H,5-8H2,1-2H3,(H,15,17). The molecule has 0 aliphatic heterocycles. The Bertz CT molecular complexity index is 429. The minimum absolute atomic E-state index is 0.0994. The van der Waals surface area contributed by atoms with Gasteiger partial charge in [0.2, 0.25) is 0 Å². The van der Waals surface area contributed by atoms with E-state index in [0.29, 0.717) is 23.6 Å². The van der Waals surface area contributed by atoms with Crippen molar-refractivity contribution in [2.45, 2.75) is 4.90 Å². The number of hydrogen-bond acceptors (Lipinski definition) is 4. The lowest BCUT2D eigenvalue weighted by Gasteiger charge is -2.16. The largest absolute Gasteiger partial charge is 0.383 e. The van der Waals surface area contributed by atoms with Crippen molar-refractivity contribution < 1.29 is 9.53 Å². The van der Waals surface area contributed by atoms with Crippen LogP contribution in [0.5, 0.6) is 0 Å². The number of halogens is 1. The summed E-state index contributed by atoms with van der Waals surface area (Å²) in [5.74, 6) is -0.0994. The fraction of sp³-hybridized carbons (Fsp3) is 0.462. The third-order valence-corrected chi connectivity index (χ3v) is 3.52. The highest BCUT2D eigenvalue weighted by Gasteiger charge is 2.09. The highest BCUT2D eigenvalue weighted by atomic mass is 79.9. The molecule has 0 fully saturated rings. The predicted octanol–water partition coefficient (Wildman–Crippen LogP) is 2.05. The number of carbonyl (C=O) groups is 1. The van der Waals surface area contributed by atoms with E-state index in [0.717, 1.165) is 17.6 Å². The van der Waals surface area contributed by atoms with Crippen molar-refractivity contribution in [3.63, 3.8) is 0 Å². The first-order valence-corrected chi connectivity index (χ1v) is 7.23. The van der Waals surface area contributed by atoms with E-state index in [4.69, 9.17) is 4.74 Å². The lowest BCUT2D eigenvalue weighted by molar-refractivity contribution is 0.0944. The minimum Gasteiger partial charge on any atom is -0.383 e. The van der Waals surface area contributed by atoms with E-state index in [9.17, 15) is 4.79 Å². The molecule has 1 rings (SSSR count). The van der Waals surface area contributed by atoms with Gasteiger partial charge in [0.1, 0.15) is 0 Å². The summed E-state index contributed by atoms with van der Waals surface area (Å²) in [7, 11) is 3.67. The molecule has 0 aliphatic rings. The third kappa shape index (κ3) is 5.95. The fourth-order valence-corrected chi connectivity index (χ4v) is 2.36. The maximum Gasteiger partial charge on any atom is 0.252 e. The number of amides is 1. The zero-order valence-electron chi connectivity index (χ0n) is 11.1. The zero-order chi connectivity index (χ0) is 14.3. The van der Waals surface area contributed by atoms with Crippen LogP contribution in [0.3, 0.4) is 0 Å². The van der Waals surface area contributed by atoms with Gasteiger partial charge >= 0.3 is 0 Å². The Morgan fingerprint density at radius 2 is 2.21 bits per heavy atom. The Morgan fingerprint density at radius 3 is 2.84 bits per heavy atom. The number of rotatable bonds is 7. The number of nitrogens with zero attached hydrogens (tertiary/aromatic N) is 1. The first-order chi connectivity index (χ1) is 9.04. The quantitative estimate of drug-likeness (QED) is 0.742. The Hall–Kier alpha value is -0.560. The van der Waals surface area contributed by atoms with Gasteiger partial charge in [0.25, 0.3) is 5.91 Å². The minimum atomic E-state index is -0.0994. The molecule has 106 valence electrons. The second-order valence-corrected chi connectivity index (χ2v) is 5.61. The zero-order valence-corrected chi connectivity index (χ0v) is 13.6. The van der Waals surface area contributed by atoms with Gasteiger partial charge in [-0.25, -0.2) is 0 Å². The predicted molar refractivity (Wildman–Crippen MR) is 83.1 cm³/mol. The molecular weight excluding hydrogens is 328 g/mol. The molecule has 0 aromatic heterocycles. The summed E-state index contributed by atoms with van der Waals surface area (Å²) in [6, 6.07) is 5.40. The Labute approximate surface area is 128 Å². The maximum absolute atomic E-state index is 12.0. The number of thiol groups is 1. The molecule has 0 spiro atoms. The lowest BCUT2D eigenvalue weighted by atomic mass is 10.2.